The van der Waals surface area contributed by atoms with Crippen LogP contribution in [0.2, 0.25) is 18.1 Å². The van der Waals surface area contributed by atoms with Crippen LogP contribution < -0.4 is 0 Å². The molecule has 5 saturated carbocycles. The van der Waals surface area contributed by atoms with Crippen molar-refractivity contribution in [2.24, 2.45) is 56.7 Å². The molecule has 0 aromatic heterocycles. The van der Waals surface area contributed by atoms with Crippen LogP contribution in [-0.4, -0.2) is 122 Å². The van der Waals surface area contributed by atoms with Gasteiger partial charge in [-0.15, -0.1) is 0 Å². The summed E-state index contributed by atoms with van der Waals surface area (Å²) in [6.45, 7) is 33.9. The molecule has 0 radical (unpaired) electrons. The third kappa shape index (κ3) is 7.04. The monoisotopic (exact) mass is 859 g/mol. The van der Waals surface area contributed by atoms with Crippen LogP contribution in [0.5, 0.6) is 0 Å². The van der Waals surface area contributed by atoms with E-state index >= 15 is 0 Å². The standard InChI is InChI=1S/C49H86N2O8Si/c1-14-60(15-2,16-3)59-41-39-38(31(4)25-33(56-39)40(52)45(10,11)54)46(12)21-22-49-30-48(49)20-19-36(44(8,9)34(48)17-18-35(49)47(41,46)13)57-37-29-50(23-24-55-37)26-32-27-51(28-32)42(53)58-43(5,6)7/h31-41,52,54H,14-30H2,1-13H3/t31-,33-,34+,35+,36+,37+,38+,39+,40+,41+,46-,47-,48?,49+/m1/s1. The summed E-state index contributed by atoms with van der Waals surface area (Å²) in [5.41, 5.74) is -0.980. The number of carbonyl (C=O) groups is 1. The molecule has 11 heteroatoms. The topological polar surface area (TPSA) is 110 Å². The highest BCUT2D eigenvalue weighted by molar-refractivity contribution is 6.73. The fourth-order valence-electron chi connectivity index (χ4n) is 16.3. The van der Waals surface area contributed by atoms with Crippen molar-refractivity contribution in [2.75, 3.05) is 39.3 Å². The van der Waals surface area contributed by atoms with Crippen LogP contribution in [0.4, 0.5) is 4.79 Å². The Morgan fingerprint density at radius 1 is 0.917 bits per heavy atom. The second-order valence-corrected chi connectivity index (χ2v) is 29.1. The summed E-state index contributed by atoms with van der Waals surface area (Å²) in [5, 5.41) is 22.5. The summed E-state index contributed by atoms with van der Waals surface area (Å²) in [6, 6.07) is 3.33. The number of hydrogen-bond donors (Lipinski definition) is 2. The number of carbonyl (C=O) groups excluding carboxylic acids is 1. The summed E-state index contributed by atoms with van der Waals surface area (Å²) >= 11 is 0. The Hall–Kier alpha value is -0.793. The number of amides is 1. The molecular weight excluding hydrogens is 773 g/mol. The zero-order chi connectivity index (χ0) is 43.6. The summed E-state index contributed by atoms with van der Waals surface area (Å²) in [4.78, 5) is 16.9. The number of nitrogens with zero attached hydrogens (tertiary/aromatic N) is 2. The molecule has 2 N–H and O–H groups in total. The van der Waals surface area contributed by atoms with E-state index in [1.807, 2.05) is 25.7 Å². The van der Waals surface area contributed by atoms with Crippen molar-refractivity contribution < 1.29 is 38.4 Å². The molecule has 3 saturated heterocycles. The van der Waals surface area contributed by atoms with Crippen molar-refractivity contribution in [3.8, 4) is 0 Å². The fraction of sp³-hybridized carbons (Fsp3) is 0.980. The van der Waals surface area contributed by atoms with Gasteiger partial charge in [0, 0.05) is 44.1 Å². The van der Waals surface area contributed by atoms with Gasteiger partial charge in [-0.25, -0.2) is 4.79 Å². The van der Waals surface area contributed by atoms with Crippen LogP contribution in [0.25, 0.3) is 0 Å². The minimum absolute atomic E-state index is 0.00551. The van der Waals surface area contributed by atoms with E-state index in [0.717, 1.165) is 63.7 Å². The molecular formula is C49H86N2O8Si. The first-order chi connectivity index (χ1) is 27.9. The van der Waals surface area contributed by atoms with Crippen molar-refractivity contribution >= 4 is 14.4 Å². The fourth-order valence-corrected chi connectivity index (χ4v) is 19.2. The molecule has 0 bridgehead atoms. The van der Waals surface area contributed by atoms with Crippen molar-refractivity contribution in [3.63, 3.8) is 0 Å². The van der Waals surface area contributed by atoms with Gasteiger partial charge in [-0.2, -0.15) is 0 Å². The van der Waals surface area contributed by atoms with E-state index in [2.05, 4.69) is 60.3 Å². The highest BCUT2D eigenvalue weighted by atomic mass is 28.4. The average molecular weight is 859 g/mol. The highest BCUT2D eigenvalue weighted by Crippen LogP contribution is 2.89. The summed E-state index contributed by atoms with van der Waals surface area (Å²) < 4.78 is 34.2. The molecule has 10 nitrogen and oxygen atoms in total. The molecule has 2 spiro atoms. The smallest absolute Gasteiger partial charge is 0.410 e. The molecule has 8 rings (SSSR count). The van der Waals surface area contributed by atoms with Gasteiger partial charge in [0.05, 0.1) is 36.6 Å². The van der Waals surface area contributed by atoms with E-state index in [1.165, 1.54) is 38.5 Å². The van der Waals surface area contributed by atoms with Crippen molar-refractivity contribution in [3.05, 3.63) is 0 Å². The van der Waals surface area contributed by atoms with E-state index in [4.69, 9.17) is 23.4 Å². The number of aliphatic hydroxyl groups excluding tert-OH is 1. The Morgan fingerprint density at radius 2 is 1.57 bits per heavy atom. The van der Waals surface area contributed by atoms with Gasteiger partial charge in [-0.3, -0.25) is 4.90 Å². The zero-order valence-corrected chi connectivity index (χ0v) is 41.1. The maximum Gasteiger partial charge on any atom is 0.410 e. The molecule has 8 aliphatic rings. The normalized spacial score (nSPS) is 44.7. The quantitative estimate of drug-likeness (QED) is 0.197. The van der Waals surface area contributed by atoms with E-state index in [-0.39, 0.29) is 46.9 Å². The van der Waals surface area contributed by atoms with Crippen molar-refractivity contribution in [2.45, 2.75) is 208 Å². The molecule has 0 aromatic carbocycles. The number of morpholine rings is 1. The van der Waals surface area contributed by atoms with E-state index in [0.29, 0.717) is 47.0 Å². The van der Waals surface area contributed by atoms with Crippen LogP contribution in [0, 0.1) is 56.7 Å². The predicted molar refractivity (Wildman–Crippen MR) is 237 cm³/mol. The van der Waals surface area contributed by atoms with Gasteiger partial charge in [0.2, 0.25) is 0 Å². The van der Waals surface area contributed by atoms with E-state index in [9.17, 15) is 15.0 Å². The summed E-state index contributed by atoms with van der Waals surface area (Å²) in [5.74, 6) is 2.37. The molecule has 1 unspecified atom stereocenters. The van der Waals surface area contributed by atoms with Crippen LogP contribution in [0.15, 0.2) is 0 Å². The Kier molecular flexibility index (Phi) is 11.7. The van der Waals surface area contributed by atoms with E-state index in [1.54, 1.807) is 13.8 Å². The largest absolute Gasteiger partial charge is 0.444 e. The number of rotatable bonds is 11. The predicted octanol–water partition coefficient (Wildman–Crippen LogP) is 8.87. The first kappa shape index (κ1) is 45.8. The maximum atomic E-state index is 12.5. The minimum Gasteiger partial charge on any atom is -0.444 e. The molecule has 3 aliphatic heterocycles. The van der Waals surface area contributed by atoms with Gasteiger partial charge in [-0.1, -0.05) is 55.4 Å². The van der Waals surface area contributed by atoms with Crippen molar-refractivity contribution in [1.29, 1.82) is 0 Å². The lowest BCUT2D eigenvalue weighted by Crippen LogP contribution is -2.61. The van der Waals surface area contributed by atoms with Gasteiger partial charge in [0.15, 0.2) is 14.6 Å². The van der Waals surface area contributed by atoms with Gasteiger partial charge < -0.3 is 38.5 Å². The van der Waals surface area contributed by atoms with Gasteiger partial charge in [0.25, 0.3) is 0 Å². The molecule has 3 heterocycles. The van der Waals surface area contributed by atoms with Gasteiger partial charge in [-0.05, 0) is 149 Å². The van der Waals surface area contributed by atoms with Gasteiger partial charge in [0.1, 0.15) is 11.7 Å². The van der Waals surface area contributed by atoms with Crippen LogP contribution >= 0.6 is 0 Å². The minimum atomic E-state index is -2.05. The number of hydrogen-bond acceptors (Lipinski definition) is 9. The SMILES string of the molecule is CC[Si](CC)(CC)O[C@H]1[C@H]2O[C@@H]([C@H](O)C(C)(C)O)C[C@@H](C)[C@@H]2[C@@]2(C)CC[C@@]34CC35CC[C@H](O[C@H]3CN(CC6CN(C(=O)OC(C)(C)C)C6)CCO3)C(C)(C)[C@@H]5CC[C@H]4[C@]12C. The zero-order valence-electron chi connectivity index (χ0n) is 40.1. The second kappa shape index (κ2) is 15.4. The summed E-state index contributed by atoms with van der Waals surface area (Å²) in [6.07, 6.45) is 7.70. The lowest BCUT2D eigenvalue weighted by atomic mass is 9.41. The molecule has 14 atom stereocenters. The first-order valence-electron chi connectivity index (χ1n) is 24.7. The van der Waals surface area contributed by atoms with Crippen molar-refractivity contribution in [1.82, 2.24) is 9.80 Å². The Labute approximate surface area is 365 Å². The Morgan fingerprint density at radius 3 is 2.20 bits per heavy atom. The first-order valence-corrected chi connectivity index (χ1v) is 27.2. The molecule has 60 heavy (non-hydrogen) atoms. The van der Waals surface area contributed by atoms with Crippen LogP contribution in [0.3, 0.4) is 0 Å². The molecule has 5 aliphatic carbocycles. The Balaban J connectivity index is 0.994. The average Bonchev–Trinajstić information content (AvgIpc) is 3.78. The van der Waals surface area contributed by atoms with Gasteiger partial charge >= 0.3 is 6.09 Å². The Bertz CT molecular complexity index is 1580. The number of aliphatic hydroxyl groups is 2. The molecule has 8 fully saturated rings. The van der Waals surface area contributed by atoms with Crippen LogP contribution in [0.1, 0.15) is 141 Å². The maximum absolute atomic E-state index is 12.5. The number of fused-ring (bicyclic) bond motifs is 4. The number of ether oxygens (including phenoxy) is 4. The third-order valence-corrected chi connectivity index (χ3v) is 24.3. The summed E-state index contributed by atoms with van der Waals surface area (Å²) in [7, 11) is -2.05. The third-order valence-electron chi connectivity index (χ3n) is 19.7. The number of likely N-dealkylation sites (tertiary alicyclic amines) is 1. The lowest BCUT2D eigenvalue weighted by Gasteiger charge is -2.64. The second-order valence-electron chi connectivity index (χ2n) is 24.4. The highest BCUT2D eigenvalue weighted by Gasteiger charge is 2.85. The molecule has 344 valence electrons. The molecule has 0 aromatic rings. The van der Waals surface area contributed by atoms with E-state index < -0.39 is 31.7 Å². The van der Waals surface area contributed by atoms with Crippen LogP contribution in [-0.2, 0) is 23.4 Å². The lowest BCUT2D eigenvalue weighted by molar-refractivity contribution is -0.249. The molecule has 1 amide bonds.